The third-order valence-corrected chi connectivity index (χ3v) is 8.53. The Morgan fingerprint density at radius 2 is 1.83 bits per heavy atom. The third kappa shape index (κ3) is 6.60. The van der Waals surface area contributed by atoms with E-state index in [4.69, 9.17) is 9.47 Å². The fraction of sp³-hybridized carbons (Fsp3) is 0.724. The van der Waals surface area contributed by atoms with Gasteiger partial charge >= 0.3 is 0 Å². The van der Waals surface area contributed by atoms with Crippen molar-refractivity contribution in [3.05, 3.63) is 23.8 Å². The van der Waals surface area contributed by atoms with Crippen molar-refractivity contribution in [2.24, 2.45) is 17.8 Å². The van der Waals surface area contributed by atoms with Crippen LogP contribution in [0.2, 0.25) is 0 Å². The monoisotopic (exact) mass is 499 g/mol. The van der Waals surface area contributed by atoms with Crippen molar-refractivity contribution in [1.29, 1.82) is 0 Å². The highest BCUT2D eigenvalue weighted by molar-refractivity contribution is 6.00. The molecule has 2 saturated carbocycles. The normalized spacial score (nSPS) is 27.3. The second-order valence-electron chi connectivity index (χ2n) is 11.4. The number of likely N-dealkylation sites (N-methyl/N-ethyl adjacent to an activating group) is 1. The molecule has 1 aromatic rings. The Morgan fingerprint density at radius 3 is 2.50 bits per heavy atom. The molecule has 0 unspecified atom stereocenters. The molecule has 7 nitrogen and oxygen atoms in total. The van der Waals surface area contributed by atoms with Crippen LogP contribution in [0.4, 0.5) is 5.69 Å². The minimum absolute atomic E-state index is 0.0383. The van der Waals surface area contributed by atoms with E-state index in [0.717, 1.165) is 38.3 Å². The van der Waals surface area contributed by atoms with E-state index >= 15 is 0 Å². The summed E-state index contributed by atoms with van der Waals surface area (Å²) in [6, 6.07) is 5.66. The van der Waals surface area contributed by atoms with Crippen LogP contribution in [0.25, 0.3) is 0 Å². The summed E-state index contributed by atoms with van der Waals surface area (Å²) in [7, 11) is 3.56. The van der Waals surface area contributed by atoms with Crippen LogP contribution < -0.4 is 10.1 Å². The summed E-state index contributed by atoms with van der Waals surface area (Å²) >= 11 is 0. The Kier molecular flexibility index (Phi) is 9.29. The van der Waals surface area contributed by atoms with E-state index in [1.165, 1.54) is 32.1 Å². The zero-order valence-electron chi connectivity index (χ0n) is 22.6. The van der Waals surface area contributed by atoms with Crippen molar-refractivity contribution in [3.8, 4) is 5.75 Å². The standard InChI is InChI=1S/C29H45N3O4/c1-20-16-32(17-22-9-6-5-7-10-22)21(2)19-36-26-14-13-24(30-28(33)23-11-8-12-23)15-25(26)29(34)31(3)18-27(20)35-4/h13-15,20-23,27H,5-12,16-19H2,1-4H3,(H,30,33)/t20-,21+,27-/m0/s1. The van der Waals surface area contributed by atoms with Crippen LogP contribution in [0.5, 0.6) is 5.75 Å². The molecule has 0 radical (unpaired) electrons. The Morgan fingerprint density at radius 1 is 1.08 bits per heavy atom. The highest BCUT2D eigenvalue weighted by Gasteiger charge is 2.30. The summed E-state index contributed by atoms with van der Waals surface area (Å²) in [4.78, 5) is 30.3. The second kappa shape index (κ2) is 12.4. The fourth-order valence-electron chi connectivity index (χ4n) is 5.80. The summed E-state index contributed by atoms with van der Waals surface area (Å²) in [6.07, 6.45) is 9.56. The van der Waals surface area contributed by atoms with E-state index in [9.17, 15) is 9.59 Å². The van der Waals surface area contributed by atoms with Crippen molar-refractivity contribution in [2.75, 3.05) is 45.7 Å². The van der Waals surface area contributed by atoms with Gasteiger partial charge in [0.15, 0.2) is 0 Å². The molecule has 0 saturated heterocycles. The first-order chi connectivity index (χ1) is 17.4. The van der Waals surface area contributed by atoms with Gasteiger partial charge in [0.1, 0.15) is 12.4 Å². The SMILES string of the molecule is CO[C@H]1CN(C)C(=O)c2cc(NC(=O)C3CCC3)ccc2OC[C@@H](C)N(CC2CCCCC2)C[C@@H]1C. The van der Waals surface area contributed by atoms with Gasteiger partial charge in [-0.1, -0.05) is 32.6 Å². The number of nitrogens with one attached hydrogen (secondary N) is 1. The van der Waals surface area contributed by atoms with E-state index in [-0.39, 0.29) is 35.8 Å². The third-order valence-electron chi connectivity index (χ3n) is 8.53. The first kappa shape index (κ1) is 26.9. The highest BCUT2D eigenvalue weighted by atomic mass is 16.5. The summed E-state index contributed by atoms with van der Waals surface area (Å²) in [5, 5.41) is 3.01. The van der Waals surface area contributed by atoms with E-state index in [1.54, 1.807) is 18.1 Å². The Hall–Kier alpha value is -2.12. The molecule has 0 aromatic heterocycles. The molecular weight excluding hydrogens is 454 g/mol. The molecule has 1 N–H and O–H groups in total. The first-order valence-corrected chi connectivity index (χ1v) is 14.0. The number of methoxy groups -OCH3 is 1. The number of carbonyl (C=O) groups excluding carboxylic acids is 2. The van der Waals surface area contributed by atoms with E-state index in [2.05, 4.69) is 24.1 Å². The molecule has 2 fully saturated rings. The molecule has 200 valence electrons. The van der Waals surface area contributed by atoms with Crippen molar-refractivity contribution in [3.63, 3.8) is 0 Å². The van der Waals surface area contributed by atoms with Gasteiger partial charge in [-0.25, -0.2) is 0 Å². The van der Waals surface area contributed by atoms with Crippen molar-refractivity contribution < 1.29 is 19.1 Å². The number of benzene rings is 1. The molecule has 36 heavy (non-hydrogen) atoms. The van der Waals surface area contributed by atoms with Gasteiger partial charge < -0.3 is 19.7 Å². The first-order valence-electron chi connectivity index (χ1n) is 14.0. The molecule has 2 amide bonds. The molecule has 7 heteroatoms. The van der Waals surface area contributed by atoms with Crippen LogP contribution >= 0.6 is 0 Å². The van der Waals surface area contributed by atoms with Gasteiger partial charge in [-0.15, -0.1) is 0 Å². The Balaban J connectivity index is 1.57. The summed E-state index contributed by atoms with van der Waals surface area (Å²) in [5.74, 6) is 1.58. The highest BCUT2D eigenvalue weighted by Crippen LogP contribution is 2.31. The number of nitrogens with zero attached hydrogens (tertiary/aromatic N) is 2. The molecular formula is C29H45N3O4. The lowest BCUT2D eigenvalue weighted by Crippen LogP contribution is -2.48. The molecule has 2 aliphatic carbocycles. The van der Waals surface area contributed by atoms with Crippen LogP contribution in [-0.4, -0.2) is 74.2 Å². The van der Waals surface area contributed by atoms with Gasteiger partial charge in [-0.3, -0.25) is 14.5 Å². The van der Waals surface area contributed by atoms with Gasteiger partial charge in [0.05, 0.1) is 11.7 Å². The minimum Gasteiger partial charge on any atom is -0.491 e. The fourth-order valence-corrected chi connectivity index (χ4v) is 5.80. The molecule has 0 bridgehead atoms. The lowest BCUT2D eigenvalue weighted by atomic mass is 9.85. The number of rotatable bonds is 5. The number of carbonyl (C=O) groups is 2. The summed E-state index contributed by atoms with van der Waals surface area (Å²) in [6.45, 7) is 7.46. The van der Waals surface area contributed by atoms with E-state index in [1.807, 2.05) is 19.2 Å². The number of amides is 2. The maximum Gasteiger partial charge on any atom is 0.257 e. The maximum atomic E-state index is 13.5. The molecule has 0 spiro atoms. The average Bonchev–Trinajstić information content (AvgIpc) is 2.84. The average molecular weight is 500 g/mol. The second-order valence-corrected chi connectivity index (χ2v) is 11.4. The van der Waals surface area contributed by atoms with E-state index in [0.29, 0.717) is 30.2 Å². The molecule has 3 atom stereocenters. The predicted molar refractivity (Wildman–Crippen MR) is 142 cm³/mol. The van der Waals surface area contributed by atoms with Crippen molar-refractivity contribution in [2.45, 2.75) is 77.4 Å². The topological polar surface area (TPSA) is 71.1 Å². The molecule has 4 rings (SSSR count). The van der Waals surface area contributed by atoms with E-state index < -0.39 is 0 Å². The predicted octanol–water partition coefficient (Wildman–Crippen LogP) is 4.81. The van der Waals surface area contributed by atoms with Gasteiger partial charge in [-0.2, -0.15) is 0 Å². The number of hydrogen-bond donors (Lipinski definition) is 1. The molecule has 1 heterocycles. The lowest BCUT2D eigenvalue weighted by molar-refractivity contribution is -0.122. The summed E-state index contributed by atoms with van der Waals surface area (Å²) < 4.78 is 12.2. The number of anilines is 1. The van der Waals surface area contributed by atoms with Crippen LogP contribution in [-0.2, 0) is 9.53 Å². The zero-order valence-corrected chi connectivity index (χ0v) is 22.6. The smallest absolute Gasteiger partial charge is 0.257 e. The van der Waals surface area contributed by atoms with Crippen LogP contribution in [0.1, 0.15) is 75.6 Å². The van der Waals surface area contributed by atoms with Crippen LogP contribution in [0.3, 0.4) is 0 Å². The summed E-state index contributed by atoms with van der Waals surface area (Å²) in [5.41, 5.74) is 1.13. The van der Waals surface area contributed by atoms with Gasteiger partial charge in [0.25, 0.3) is 5.91 Å². The lowest BCUT2D eigenvalue weighted by Gasteiger charge is -2.38. The number of fused-ring (bicyclic) bond motifs is 1. The van der Waals surface area contributed by atoms with Gasteiger partial charge in [-0.05, 0) is 62.6 Å². The zero-order chi connectivity index (χ0) is 25.7. The van der Waals surface area contributed by atoms with Crippen molar-refractivity contribution in [1.82, 2.24) is 9.80 Å². The van der Waals surface area contributed by atoms with Crippen LogP contribution in [0, 0.1) is 17.8 Å². The number of ether oxygens (including phenoxy) is 2. The largest absolute Gasteiger partial charge is 0.491 e. The van der Waals surface area contributed by atoms with Crippen LogP contribution in [0.15, 0.2) is 18.2 Å². The minimum atomic E-state index is -0.119. The van der Waals surface area contributed by atoms with Gasteiger partial charge in [0.2, 0.25) is 5.91 Å². The maximum absolute atomic E-state index is 13.5. The quantitative estimate of drug-likeness (QED) is 0.630. The molecule has 3 aliphatic rings. The van der Waals surface area contributed by atoms with Gasteiger partial charge in [0, 0.05) is 51.4 Å². The number of hydrogen-bond acceptors (Lipinski definition) is 5. The molecule has 1 aromatic carbocycles. The Bertz CT molecular complexity index is 897. The van der Waals surface area contributed by atoms with Crippen molar-refractivity contribution >= 4 is 17.5 Å². The Labute approximate surface area is 216 Å². The molecule has 1 aliphatic heterocycles.